The van der Waals surface area contributed by atoms with Crippen LogP contribution in [0.25, 0.3) is 0 Å². The van der Waals surface area contributed by atoms with Gasteiger partial charge in [0.1, 0.15) is 0 Å². The van der Waals surface area contributed by atoms with Gasteiger partial charge in [0.2, 0.25) is 5.91 Å². The summed E-state index contributed by atoms with van der Waals surface area (Å²) in [5.74, 6) is -1.43. The minimum atomic E-state index is -4.64. The molecule has 0 aliphatic carbocycles. The number of nitrogens with two attached hydrogens (primary N) is 1. The normalized spacial score (nSPS) is 12.5. The number of alkyl halides is 3. The Labute approximate surface area is 138 Å². The summed E-state index contributed by atoms with van der Waals surface area (Å²) in [6.07, 6.45) is -2.07. The molecule has 1 aromatic carbocycles. The van der Waals surface area contributed by atoms with E-state index in [0.29, 0.717) is 6.42 Å². The number of unbranched alkanes of at least 4 members (excludes halogenated alkanes) is 1. The van der Waals surface area contributed by atoms with Gasteiger partial charge in [-0.05, 0) is 18.6 Å². The molecule has 0 saturated carbocycles. The van der Waals surface area contributed by atoms with Gasteiger partial charge in [0.25, 0.3) is 5.91 Å². The molecule has 0 aromatic heterocycles. The fraction of sp³-hybridized carbons (Fsp3) is 0.500. The maximum Gasteiger partial charge on any atom is 0.417 e. The van der Waals surface area contributed by atoms with Crippen LogP contribution in [0.5, 0.6) is 0 Å². The monoisotopic (exact) mass is 345 g/mol. The largest absolute Gasteiger partial charge is 0.417 e. The van der Waals surface area contributed by atoms with Crippen molar-refractivity contribution in [1.82, 2.24) is 10.6 Å². The van der Waals surface area contributed by atoms with Crippen LogP contribution in [0.1, 0.15) is 42.1 Å². The van der Waals surface area contributed by atoms with Crippen molar-refractivity contribution in [3.63, 3.8) is 0 Å². The third kappa shape index (κ3) is 6.19. The molecule has 0 bridgehead atoms. The van der Waals surface area contributed by atoms with Gasteiger partial charge >= 0.3 is 6.18 Å². The van der Waals surface area contributed by atoms with Gasteiger partial charge in [-0.25, -0.2) is 0 Å². The zero-order chi connectivity index (χ0) is 18.2. The molecule has 0 fully saturated rings. The molecule has 24 heavy (non-hydrogen) atoms. The molecule has 4 N–H and O–H groups in total. The summed E-state index contributed by atoms with van der Waals surface area (Å²) in [5, 5.41) is 4.86. The number of hydrogen-bond acceptors (Lipinski definition) is 3. The van der Waals surface area contributed by atoms with Gasteiger partial charge in [-0.15, -0.1) is 0 Å². The lowest BCUT2D eigenvalue weighted by atomic mass is 10.1. The number of carbonyl (C=O) groups is 2. The summed E-state index contributed by atoms with van der Waals surface area (Å²) >= 11 is 0. The average Bonchev–Trinajstić information content (AvgIpc) is 2.55. The molecule has 0 aliphatic heterocycles. The van der Waals surface area contributed by atoms with Crippen LogP contribution in [-0.2, 0) is 11.0 Å². The minimum absolute atomic E-state index is 0.211. The maximum atomic E-state index is 12.9. The summed E-state index contributed by atoms with van der Waals surface area (Å²) < 4.78 is 38.6. The quantitative estimate of drug-likeness (QED) is 0.674. The van der Waals surface area contributed by atoms with Gasteiger partial charge in [0.15, 0.2) is 0 Å². The van der Waals surface area contributed by atoms with E-state index in [1.54, 1.807) is 0 Å². The SMILES string of the molecule is CCCCC(CN)NC(=O)CNC(=O)c1ccccc1C(F)(F)F. The second-order valence-electron chi connectivity index (χ2n) is 5.37. The van der Waals surface area contributed by atoms with Gasteiger partial charge in [-0.1, -0.05) is 31.9 Å². The maximum absolute atomic E-state index is 12.9. The molecule has 0 heterocycles. The minimum Gasteiger partial charge on any atom is -0.351 e. The second-order valence-corrected chi connectivity index (χ2v) is 5.37. The number of halogens is 3. The molecule has 8 heteroatoms. The molecule has 1 unspecified atom stereocenters. The zero-order valence-electron chi connectivity index (χ0n) is 13.5. The predicted molar refractivity (Wildman–Crippen MR) is 84.3 cm³/mol. The van der Waals surface area contributed by atoms with E-state index in [0.717, 1.165) is 25.0 Å². The number of benzene rings is 1. The summed E-state index contributed by atoms with van der Waals surface area (Å²) in [6.45, 7) is 1.86. The molecule has 0 aliphatic rings. The molecule has 0 radical (unpaired) electrons. The fourth-order valence-electron chi connectivity index (χ4n) is 2.16. The number of nitrogens with one attached hydrogen (secondary N) is 2. The standard InChI is InChI=1S/C16H22F3N3O2/c1-2-3-6-11(9-20)22-14(23)10-21-15(24)12-7-4-5-8-13(12)16(17,18)19/h4-5,7-8,11H,2-3,6,9-10,20H2,1H3,(H,21,24)(H,22,23). The highest BCUT2D eigenvalue weighted by atomic mass is 19.4. The van der Waals surface area contributed by atoms with E-state index in [1.807, 2.05) is 6.92 Å². The van der Waals surface area contributed by atoms with Gasteiger partial charge in [0, 0.05) is 12.6 Å². The summed E-state index contributed by atoms with van der Waals surface area (Å²) in [5.41, 5.74) is 4.00. The molecule has 0 saturated heterocycles. The Morgan fingerprint density at radius 3 is 2.50 bits per heavy atom. The summed E-state index contributed by atoms with van der Waals surface area (Å²) in [6, 6.07) is 4.21. The average molecular weight is 345 g/mol. The Balaban J connectivity index is 2.62. The zero-order valence-corrected chi connectivity index (χ0v) is 13.5. The van der Waals surface area contributed by atoms with Crippen LogP contribution in [0, 0.1) is 0 Å². The molecule has 1 aromatic rings. The van der Waals surface area contributed by atoms with E-state index in [-0.39, 0.29) is 12.6 Å². The lowest BCUT2D eigenvalue weighted by Crippen LogP contribution is -2.45. The molecular formula is C16H22F3N3O2. The van der Waals surface area contributed by atoms with E-state index < -0.39 is 35.7 Å². The molecule has 134 valence electrons. The Morgan fingerprint density at radius 2 is 1.92 bits per heavy atom. The predicted octanol–water partition coefficient (Wildman–Crippen LogP) is 2.07. The van der Waals surface area contributed by atoms with Gasteiger partial charge in [0.05, 0.1) is 17.7 Å². The Morgan fingerprint density at radius 1 is 1.25 bits per heavy atom. The van der Waals surface area contributed by atoms with Gasteiger partial charge in [-0.3, -0.25) is 9.59 Å². The third-order valence-corrected chi connectivity index (χ3v) is 3.44. The summed E-state index contributed by atoms with van der Waals surface area (Å²) in [4.78, 5) is 23.7. The van der Waals surface area contributed by atoms with Crippen molar-refractivity contribution >= 4 is 11.8 Å². The number of rotatable bonds is 8. The van der Waals surface area contributed by atoms with Crippen molar-refractivity contribution in [2.75, 3.05) is 13.1 Å². The van der Waals surface area contributed by atoms with Gasteiger partial charge < -0.3 is 16.4 Å². The van der Waals surface area contributed by atoms with Crippen molar-refractivity contribution < 1.29 is 22.8 Å². The van der Waals surface area contributed by atoms with Crippen LogP contribution >= 0.6 is 0 Å². The van der Waals surface area contributed by atoms with E-state index in [2.05, 4.69) is 10.6 Å². The van der Waals surface area contributed by atoms with Crippen molar-refractivity contribution in [2.24, 2.45) is 5.73 Å². The lowest BCUT2D eigenvalue weighted by molar-refractivity contribution is -0.137. The number of carbonyl (C=O) groups excluding carboxylic acids is 2. The van der Waals surface area contributed by atoms with Crippen LogP contribution < -0.4 is 16.4 Å². The highest BCUT2D eigenvalue weighted by Gasteiger charge is 2.34. The Hall–Kier alpha value is -2.09. The second kappa shape index (κ2) is 9.27. The smallest absolute Gasteiger partial charge is 0.351 e. The molecule has 0 spiro atoms. The highest BCUT2D eigenvalue weighted by Crippen LogP contribution is 2.31. The Kier molecular flexibility index (Phi) is 7.70. The first-order chi connectivity index (χ1) is 11.3. The lowest BCUT2D eigenvalue weighted by Gasteiger charge is -2.17. The first-order valence-corrected chi connectivity index (χ1v) is 7.73. The highest BCUT2D eigenvalue weighted by molar-refractivity contribution is 5.97. The van der Waals surface area contributed by atoms with Gasteiger partial charge in [-0.2, -0.15) is 13.2 Å². The third-order valence-electron chi connectivity index (χ3n) is 3.44. The topological polar surface area (TPSA) is 84.2 Å². The van der Waals surface area contributed by atoms with Crippen molar-refractivity contribution in [2.45, 2.75) is 38.4 Å². The van der Waals surface area contributed by atoms with Crippen molar-refractivity contribution in [3.05, 3.63) is 35.4 Å². The number of hydrogen-bond donors (Lipinski definition) is 3. The Bertz CT molecular complexity index is 562. The first-order valence-electron chi connectivity index (χ1n) is 7.73. The van der Waals surface area contributed by atoms with Crippen LogP contribution in [0.15, 0.2) is 24.3 Å². The molecule has 1 rings (SSSR count). The van der Waals surface area contributed by atoms with E-state index in [1.165, 1.54) is 12.1 Å². The first kappa shape index (κ1) is 20.0. The fourth-order valence-corrected chi connectivity index (χ4v) is 2.16. The molecule has 2 amide bonds. The molecular weight excluding hydrogens is 323 g/mol. The van der Waals surface area contributed by atoms with Crippen LogP contribution in [0.2, 0.25) is 0 Å². The van der Waals surface area contributed by atoms with Crippen LogP contribution in [0.4, 0.5) is 13.2 Å². The van der Waals surface area contributed by atoms with E-state index in [4.69, 9.17) is 5.73 Å². The van der Waals surface area contributed by atoms with Crippen LogP contribution in [0.3, 0.4) is 0 Å². The van der Waals surface area contributed by atoms with Crippen molar-refractivity contribution in [3.8, 4) is 0 Å². The molecule has 5 nitrogen and oxygen atoms in total. The summed E-state index contributed by atoms with van der Waals surface area (Å²) in [7, 11) is 0. The molecule has 1 atom stereocenters. The van der Waals surface area contributed by atoms with E-state index in [9.17, 15) is 22.8 Å². The number of amides is 2. The van der Waals surface area contributed by atoms with E-state index >= 15 is 0 Å². The van der Waals surface area contributed by atoms with Crippen molar-refractivity contribution in [1.29, 1.82) is 0 Å². The van der Waals surface area contributed by atoms with Crippen LogP contribution in [-0.4, -0.2) is 30.9 Å².